The SMILES string of the molecule is C=CCCCC(NN)c1c(F)ccc(C)c1F. The molecule has 1 rings (SSSR count). The van der Waals surface area contributed by atoms with Crippen LogP contribution in [0.15, 0.2) is 24.8 Å². The van der Waals surface area contributed by atoms with E-state index in [2.05, 4.69) is 12.0 Å². The Balaban J connectivity index is 2.94. The lowest BCUT2D eigenvalue weighted by molar-refractivity contribution is 0.444. The molecule has 17 heavy (non-hydrogen) atoms. The summed E-state index contributed by atoms with van der Waals surface area (Å²) >= 11 is 0. The zero-order valence-corrected chi connectivity index (χ0v) is 9.97. The normalized spacial score (nSPS) is 12.5. The number of hydrogen-bond acceptors (Lipinski definition) is 2. The van der Waals surface area contributed by atoms with E-state index in [1.807, 2.05) is 0 Å². The smallest absolute Gasteiger partial charge is 0.133 e. The number of allylic oxidation sites excluding steroid dienone is 1. The van der Waals surface area contributed by atoms with E-state index in [1.165, 1.54) is 12.1 Å². The predicted molar refractivity (Wildman–Crippen MR) is 65.2 cm³/mol. The van der Waals surface area contributed by atoms with Gasteiger partial charge in [-0.05, 0) is 37.8 Å². The molecule has 0 heterocycles. The number of hydrazine groups is 1. The van der Waals surface area contributed by atoms with Crippen molar-refractivity contribution in [1.82, 2.24) is 5.43 Å². The highest BCUT2D eigenvalue weighted by Crippen LogP contribution is 2.26. The molecular formula is C13H18F2N2. The number of unbranched alkanes of at least 4 members (excludes halogenated alkanes) is 1. The Morgan fingerprint density at radius 1 is 1.47 bits per heavy atom. The van der Waals surface area contributed by atoms with Crippen LogP contribution < -0.4 is 11.3 Å². The van der Waals surface area contributed by atoms with E-state index in [4.69, 9.17) is 5.84 Å². The number of halogens is 2. The van der Waals surface area contributed by atoms with Crippen molar-refractivity contribution < 1.29 is 8.78 Å². The Kier molecular flexibility index (Phi) is 5.25. The van der Waals surface area contributed by atoms with E-state index >= 15 is 0 Å². The van der Waals surface area contributed by atoms with Crippen LogP contribution in [0.1, 0.15) is 36.4 Å². The first kappa shape index (κ1) is 13.8. The van der Waals surface area contributed by atoms with E-state index in [0.29, 0.717) is 12.0 Å². The third kappa shape index (κ3) is 3.35. The number of hydrogen-bond donors (Lipinski definition) is 2. The molecule has 0 bridgehead atoms. The lowest BCUT2D eigenvalue weighted by atomic mass is 9.98. The molecule has 1 atom stereocenters. The summed E-state index contributed by atoms with van der Waals surface area (Å²) in [5.41, 5.74) is 2.92. The van der Waals surface area contributed by atoms with Crippen LogP contribution in [0.25, 0.3) is 0 Å². The maximum atomic E-state index is 13.9. The molecule has 0 aliphatic rings. The number of nitrogens with two attached hydrogens (primary N) is 1. The third-order valence-corrected chi connectivity index (χ3v) is 2.77. The van der Waals surface area contributed by atoms with Crippen molar-refractivity contribution >= 4 is 0 Å². The Morgan fingerprint density at radius 2 is 2.18 bits per heavy atom. The fourth-order valence-corrected chi connectivity index (χ4v) is 1.78. The van der Waals surface area contributed by atoms with Gasteiger partial charge in [-0.15, -0.1) is 6.58 Å². The molecule has 0 fully saturated rings. The minimum absolute atomic E-state index is 0.0246. The van der Waals surface area contributed by atoms with E-state index < -0.39 is 17.7 Å². The molecule has 94 valence electrons. The summed E-state index contributed by atoms with van der Waals surface area (Å²) in [6.45, 7) is 5.21. The summed E-state index contributed by atoms with van der Waals surface area (Å²) in [7, 11) is 0. The van der Waals surface area contributed by atoms with Crippen molar-refractivity contribution in [3.63, 3.8) is 0 Å². The van der Waals surface area contributed by atoms with Gasteiger partial charge in [-0.3, -0.25) is 11.3 Å². The van der Waals surface area contributed by atoms with E-state index in [0.717, 1.165) is 12.8 Å². The molecule has 0 aliphatic heterocycles. The quantitative estimate of drug-likeness (QED) is 0.347. The molecule has 0 aromatic heterocycles. The molecule has 0 spiro atoms. The van der Waals surface area contributed by atoms with Crippen molar-refractivity contribution in [3.05, 3.63) is 47.5 Å². The summed E-state index contributed by atoms with van der Waals surface area (Å²) < 4.78 is 27.5. The van der Waals surface area contributed by atoms with Crippen LogP contribution in [0.2, 0.25) is 0 Å². The highest BCUT2D eigenvalue weighted by atomic mass is 19.1. The zero-order valence-electron chi connectivity index (χ0n) is 9.97. The van der Waals surface area contributed by atoms with Crippen LogP contribution in [0.3, 0.4) is 0 Å². The molecule has 1 unspecified atom stereocenters. The summed E-state index contributed by atoms with van der Waals surface area (Å²) in [5, 5.41) is 0. The van der Waals surface area contributed by atoms with Crippen molar-refractivity contribution in [2.24, 2.45) is 5.84 Å². The fraction of sp³-hybridized carbons (Fsp3) is 0.385. The highest BCUT2D eigenvalue weighted by molar-refractivity contribution is 5.29. The largest absolute Gasteiger partial charge is 0.271 e. The second-order valence-corrected chi connectivity index (χ2v) is 4.03. The predicted octanol–water partition coefficient (Wildman–Crippen LogP) is 3.13. The average Bonchev–Trinajstić information content (AvgIpc) is 2.32. The second-order valence-electron chi connectivity index (χ2n) is 4.03. The highest BCUT2D eigenvalue weighted by Gasteiger charge is 2.19. The second kappa shape index (κ2) is 6.47. The Hall–Kier alpha value is -1.26. The summed E-state index contributed by atoms with van der Waals surface area (Å²) in [5.74, 6) is 4.28. The molecule has 0 amide bonds. The van der Waals surface area contributed by atoms with E-state index in [9.17, 15) is 8.78 Å². The maximum Gasteiger partial charge on any atom is 0.133 e. The molecule has 0 radical (unpaired) electrons. The van der Waals surface area contributed by atoms with Gasteiger partial charge in [0.1, 0.15) is 11.6 Å². The summed E-state index contributed by atoms with van der Waals surface area (Å²) in [4.78, 5) is 0. The van der Waals surface area contributed by atoms with Gasteiger partial charge in [0.05, 0.1) is 6.04 Å². The van der Waals surface area contributed by atoms with Crippen LogP contribution >= 0.6 is 0 Å². The lowest BCUT2D eigenvalue weighted by Gasteiger charge is -2.18. The first-order valence-corrected chi connectivity index (χ1v) is 5.63. The van der Waals surface area contributed by atoms with Gasteiger partial charge in [0.15, 0.2) is 0 Å². The molecule has 0 saturated heterocycles. The molecule has 1 aromatic carbocycles. The first-order valence-electron chi connectivity index (χ1n) is 5.63. The zero-order chi connectivity index (χ0) is 12.8. The Labute approximate surface area is 100 Å². The van der Waals surface area contributed by atoms with Crippen LogP contribution in [0.5, 0.6) is 0 Å². The topological polar surface area (TPSA) is 38.0 Å². The maximum absolute atomic E-state index is 13.9. The Bertz CT molecular complexity index is 391. The third-order valence-electron chi connectivity index (χ3n) is 2.77. The van der Waals surface area contributed by atoms with E-state index in [1.54, 1.807) is 13.0 Å². The molecule has 3 N–H and O–H groups in total. The first-order chi connectivity index (χ1) is 8.11. The van der Waals surface area contributed by atoms with Gasteiger partial charge in [0.25, 0.3) is 0 Å². The molecule has 1 aromatic rings. The fourth-order valence-electron chi connectivity index (χ4n) is 1.78. The standard InChI is InChI=1S/C13H18F2N2/c1-3-4-5-6-11(17-16)12-10(14)8-7-9(2)13(12)15/h3,7-8,11,17H,1,4-6,16H2,2H3. The molecule has 0 saturated carbocycles. The minimum atomic E-state index is -0.561. The number of benzene rings is 1. The summed E-state index contributed by atoms with van der Waals surface area (Å²) in [6, 6.07) is 2.19. The average molecular weight is 240 g/mol. The van der Waals surface area contributed by atoms with E-state index in [-0.39, 0.29) is 5.56 Å². The van der Waals surface area contributed by atoms with Gasteiger partial charge in [-0.1, -0.05) is 12.1 Å². The van der Waals surface area contributed by atoms with Crippen LogP contribution in [-0.2, 0) is 0 Å². The monoisotopic (exact) mass is 240 g/mol. The van der Waals surface area contributed by atoms with Gasteiger partial charge in [0, 0.05) is 5.56 Å². The van der Waals surface area contributed by atoms with Gasteiger partial charge in [-0.25, -0.2) is 8.78 Å². The Morgan fingerprint density at radius 3 is 2.76 bits per heavy atom. The van der Waals surface area contributed by atoms with Gasteiger partial charge >= 0.3 is 0 Å². The number of aryl methyl sites for hydroxylation is 1. The summed E-state index contributed by atoms with van der Waals surface area (Å²) in [6.07, 6.45) is 3.93. The van der Waals surface area contributed by atoms with Crippen molar-refractivity contribution in [2.75, 3.05) is 0 Å². The van der Waals surface area contributed by atoms with Gasteiger partial charge in [-0.2, -0.15) is 0 Å². The molecule has 0 aliphatic carbocycles. The van der Waals surface area contributed by atoms with Gasteiger partial charge in [0.2, 0.25) is 0 Å². The van der Waals surface area contributed by atoms with Crippen molar-refractivity contribution in [1.29, 1.82) is 0 Å². The van der Waals surface area contributed by atoms with Crippen LogP contribution in [-0.4, -0.2) is 0 Å². The van der Waals surface area contributed by atoms with Crippen LogP contribution in [0.4, 0.5) is 8.78 Å². The minimum Gasteiger partial charge on any atom is -0.271 e. The van der Waals surface area contributed by atoms with Gasteiger partial charge < -0.3 is 0 Å². The molecule has 4 heteroatoms. The number of rotatable bonds is 6. The van der Waals surface area contributed by atoms with Crippen LogP contribution in [0, 0.1) is 18.6 Å². The van der Waals surface area contributed by atoms with Crippen molar-refractivity contribution in [2.45, 2.75) is 32.2 Å². The number of nitrogens with one attached hydrogen (secondary N) is 1. The molecule has 2 nitrogen and oxygen atoms in total. The van der Waals surface area contributed by atoms with Crippen molar-refractivity contribution in [3.8, 4) is 0 Å². The molecular weight excluding hydrogens is 222 g/mol. The lowest BCUT2D eigenvalue weighted by Crippen LogP contribution is -2.29.